The molecule has 0 aliphatic heterocycles. The lowest BCUT2D eigenvalue weighted by atomic mass is 10.1. The average Bonchev–Trinajstić information content (AvgIpc) is 2.76. The van der Waals surface area contributed by atoms with Gasteiger partial charge < -0.3 is 15.4 Å². The molecule has 1 aromatic rings. The summed E-state index contributed by atoms with van der Waals surface area (Å²) in [6, 6.07) is 6.50. The van der Waals surface area contributed by atoms with Gasteiger partial charge in [0.1, 0.15) is 6.17 Å². The largest absolute Gasteiger partial charge is 0.465 e. The van der Waals surface area contributed by atoms with Gasteiger partial charge >= 0.3 is 5.97 Å². The Morgan fingerprint density at radius 1 is 0.875 bits per heavy atom. The first kappa shape index (κ1) is 28.9. The second-order valence-electron chi connectivity index (χ2n) is 8.04. The number of carbonyl (C=O) groups excluding carboxylic acids is 2. The Balaban J connectivity index is 2.30. The number of ether oxygens (including phenoxy) is 1. The number of methoxy groups -OCH3 is 1. The molecule has 0 aromatic heterocycles. The van der Waals surface area contributed by atoms with Gasteiger partial charge in [-0.15, -0.1) is 0 Å². The Morgan fingerprint density at radius 3 is 1.84 bits per heavy atom. The van der Waals surface area contributed by atoms with Crippen molar-refractivity contribution < 1.29 is 14.3 Å². The fourth-order valence-corrected chi connectivity index (χ4v) is 3.70. The SMILES string of the molecule is CCCCCCCCCCCCCC(=O)N[C@@H](Nc1ccc(C(=O)OC)cc1)C(Cl)(Cl)Cl. The predicted octanol–water partition coefficient (Wildman–Crippen LogP) is 7.40. The molecule has 0 unspecified atom stereocenters. The van der Waals surface area contributed by atoms with Crippen LogP contribution in [0.5, 0.6) is 0 Å². The van der Waals surface area contributed by atoms with Gasteiger partial charge in [-0.25, -0.2) is 4.79 Å². The molecular formula is C24H37Cl3N2O3. The molecule has 0 aliphatic carbocycles. The zero-order valence-corrected chi connectivity index (χ0v) is 21.5. The Bertz CT molecular complexity index is 663. The first-order valence-corrected chi connectivity index (χ1v) is 12.7. The molecule has 1 amide bonds. The maximum absolute atomic E-state index is 12.3. The van der Waals surface area contributed by atoms with Crippen LogP contribution in [0.3, 0.4) is 0 Å². The monoisotopic (exact) mass is 506 g/mol. The van der Waals surface area contributed by atoms with Crippen LogP contribution in [0.25, 0.3) is 0 Å². The maximum Gasteiger partial charge on any atom is 0.337 e. The number of anilines is 1. The van der Waals surface area contributed by atoms with Crippen LogP contribution < -0.4 is 10.6 Å². The molecular weight excluding hydrogens is 471 g/mol. The van der Waals surface area contributed by atoms with Gasteiger partial charge in [0, 0.05) is 12.1 Å². The normalized spacial score (nSPS) is 12.3. The summed E-state index contributed by atoms with van der Waals surface area (Å²) in [5, 5.41) is 5.75. The summed E-state index contributed by atoms with van der Waals surface area (Å²) in [4.78, 5) is 23.9. The number of alkyl halides is 3. The molecule has 0 saturated carbocycles. The third-order valence-corrected chi connectivity index (χ3v) is 5.91. The first-order chi connectivity index (χ1) is 15.3. The number of unbranched alkanes of at least 4 members (excludes halogenated alkanes) is 10. The molecule has 1 atom stereocenters. The van der Waals surface area contributed by atoms with Crippen molar-refractivity contribution in [2.45, 2.75) is 93.9 Å². The highest BCUT2D eigenvalue weighted by Gasteiger charge is 2.34. The number of hydrogen-bond acceptors (Lipinski definition) is 4. The van der Waals surface area contributed by atoms with Crippen molar-refractivity contribution in [3.05, 3.63) is 29.8 Å². The molecule has 0 radical (unpaired) electrons. The molecule has 0 aliphatic rings. The van der Waals surface area contributed by atoms with E-state index < -0.39 is 15.9 Å². The molecule has 1 aromatic carbocycles. The van der Waals surface area contributed by atoms with Gasteiger partial charge in [-0.1, -0.05) is 106 Å². The molecule has 0 heterocycles. The van der Waals surface area contributed by atoms with Crippen LogP contribution in [0.2, 0.25) is 0 Å². The molecule has 2 N–H and O–H groups in total. The second kappa shape index (κ2) is 16.4. The number of rotatable bonds is 16. The summed E-state index contributed by atoms with van der Waals surface area (Å²) < 4.78 is 2.93. The van der Waals surface area contributed by atoms with E-state index in [1.165, 1.54) is 58.5 Å². The fraction of sp³-hybridized carbons (Fsp3) is 0.667. The van der Waals surface area contributed by atoms with Gasteiger partial charge in [0.2, 0.25) is 9.70 Å². The summed E-state index contributed by atoms with van der Waals surface area (Å²) in [6.45, 7) is 2.24. The van der Waals surface area contributed by atoms with E-state index in [1.54, 1.807) is 24.3 Å². The Hall–Kier alpha value is -1.17. The van der Waals surface area contributed by atoms with Gasteiger partial charge in [-0.3, -0.25) is 4.79 Å². The quantitative estimate of drug-likeness (QED) is 0.106. The lowest BCUT2D eigenvalue weighted by Crippen LogP contribution is -2.49. The molecule has 0 saturated heterocycles. The molecule has 0 spiro atoms. The van der Waals surface area contributed by atoms with E-state index in [-0.39, 0.29) is 5.91 Å². The van der Waals surface area contributed by atoms with Gasteiger partial charge in [-0.05, 0) is 30.7 Å². The summed E-state index contributed by atoms with van der Waals surface area (Å²) in [5.41, 5.74) is 1.01. The average molecular weight is 508 g/mol. The van der Waals surface area contributed by atoms with Gasteiger partial charge in [0.15, 0.2) is 0 Å². The summed E-state index contributed by atoms with van der Waals surface area (Å²) >= 11 is 18.1. The molecule has 0 bridgehead atoms. The van der Waals surface area contributed by atoms with Crippen molar-refractivity contribution in [3.8, 4) is 0 Å². The molecule has 8 heteroatoms. The van der Waals surface area contributed by atoms with Crippen molar-refractivity contribution in [1.82, 2.24) is 5.32 Å². The molecule has 182 valence electrons. The first-order valence-electron chi connectivity index (χ1n) is 11.6. The van der Waals surface area contributed by atoms with E-state index >= 15 is 0 Å². The van der Waals surface area contributed by atoms with Crippen LogP contribution >= 0.6 is 34.8 Å². The van der Waals surface area contributed by atoms with Gasteiger partial charge in [-0.2, -0.15) is 0 Å². The minimum Gasteiger partial charge on any atom is -0.465 e. The van der Waals surface area contributed by atoms with Crippen LogP contribution in [0, 0.1) is 0 Å². The number of halogens is 3. The highest BCUT2D eigenvalue weighted by Crippen LogP contribution is 2.31. The number of esters is 1. The summed E-state index contributed by atoms with van der Waals surface area (Å²) in [6.07, 6.45) is 12.9. The van der Waals surface area contributed by atoms with Crippen LogP contribution in [0.1, 0.15) is 94.3 Å². The van der Waals surface area contributed by atoms with Crippen LogP contribution in [-0.2, 0) is 9.53 Å². The zero-order chi connectivity index (χ0) is 23.8. The summed E-state index contributed by atoms with van der Waals surface area (Å²) in [7, 11) is 1.32. The predicted molar refractivity (Wildman–Crippen MR) is 135 cm³/mol. The minimum absolute atomic E-state index is 0.170. The van der Waals surface area contributed by atoms with E-state index in [0.717, 1.165) is 19.3 Å². The third kappa shape index (κ3) is 12.8. The van der Waals surface area contributed by atoms with Crippen LogP contribution in [0.15, 0.2) is 24.3 Å². The Morgan fingerprint density at radius 2 is 1.38 bits per heavy atom. The number of hydrogen-bond donors (Lipinski definition) is 2. The van der Waals surface area contributed by atoms with Crippen molar-refractivity contribution in [2.75, 3.05) is 12.4 Å². The number of benzene rings is 1. The highest BCUT2D eigenvalue weighted by molar-refractivity contribution is 6.68. The van der Waals surface area contributed by atoms with E-state index in [2.05, 4.69) is 22.3 Å². The Labute approximate surface area is 207 Å². The molecule has 0 fully saturated rings. The lowest BCUT2D eigenvalue weighted by Gasteiger charge is -2.27. The minimum atomic E-state index is -1.74. The van der Waals surface area contributed by atoms with Gasteiger partial charge in [0.25, 0.3) is 0 Å². The number of carbonyl (C=O) groups is 2. The third-order valence-electron chi connectivity index (χ3n) is 5.26. The highest BCUT2D eigenvalue weighted by atomic mass is 35.6. The van der Waals surface area contributed by atoms with Crippen LogP contribution in [0.4, 0.5) is 5.69 Å². The number of nitrogens with one attached hydrogen (secondary N) is 2. The molecule has 1 rings (SSSR count). The van der Waals surface area contributed by atoms with Crippen LogP contribution in [-0.4, -0.2) is 28.9 Å². The Kier molecular flexibility index (Phi) is 14.8. The van der Waals surface area contributed by atoms with E-state index in [0.29, 0.717) is 17.7 Å². The molecule has 5 nitrogen and oxygen atoms in total. The lowest BCUT2D eigenvalue weighted by molar-refractivity contribution is -0.121. The number of amides is 1. The second-order valence-corrected chi connectivity index (χ2v) is 10.4. The van der Waals surface area contributed by atoms with E-state index in [1.807, 2.05) is 0 Å². The van der Waals surface area contributed by atoms with E-state index in [4.69, 9.17) is 34.8 Å². The maximum atomic E-state index is 12.3. The zero-order valence-electron chi connectivity index (χ0n) is 19.2. The van der Waals surface area contributed by atoms with E-state index in [9.17, 15) is 9.59 Å². The van der Waals surface area contributed by atoms with Gasteiger partial charge in [0.05, 0.1) is 12.7 Å². The molecule has 32 heavy (non-hydrogen) atoms. The van der Waals surface area contributed by atoms with Crippen molar-refractivity contribution >= 4 is 52.4 Å². The standard InChI is InChI=1S/C24H37Cl3N2O3/c1-3-4-5-6-7-8-9-10-11-12-13-14-21(30)29-23(24(25,26)27)28-20-17-15-19(16-18-20)22(31)32-2/h15-18,23,28H,3-14H2,1-2H3,(H,29,30)/t23-/m1/s1. The smallest absolute Gasteiger partial charge is 0.337 e. The van der Waals surface area contributed by atoms with Crippen molar-refractivity contribution in [3.63, 3.8) is 0 Å². The summed E-state index contributed by atoms with van der Waals surface area (Å²) in [5.74, 6) is -0.606. The van der Waals surface area contributed by atoms with Crippen molar-refractivity contribution in [2.24, 2.45) is 0 Å². The van der Waals surface area contributed by atoms with Crippen molar-refractivity contribution in [1.29, 1.82) is 0 Å². The topological polar surface area (TPSA) is 67.4 Å². The fourth-order valence-electron chi connectivity index (χ4n) is 3.37.